The highest BCUT2D eigenvalue weighted by molar-refractivity contribution is 5.02. The van der Waals surface area contributed by atoms with E-state index in [0.29, 0.717) is 6.54 Å². The minimum Gasteiger partial charge on any atom is -0.389 e. The molecule has 2 saturated heterocycles. The molecular formula is C6H11NO2. The number of epoxide rings is 1. The van der Waals surface area contributed by atoms with Crippen molar-refractivity contribution in [2.75, 3.05) is 19.7 Å². The SMILES string of the molecule is OC1CNCCC12CO2. The summed E-state index contributed by atoms with van der Waals surface area (Å²) in [6, 6.07) is 0. The lowest BCUT2D eigenvalue weighted by molar-refractivity contribution is 0.0516. The Bertz CT molecular complexity index is 122. The van der Waals surface area contributed by atoms with Crippen molar-refractivity contribution in [1.29, 1.82) is 0 Å². The van der Waals surface area contributed by atoms with Crippen molar-refractivity contribution in [3.8, 4) is 0 Å². The molecule has 2 atom stereocenters. The molecule has 2 heterocycles. The first kappa shape index (κ1) is 5.65. The number of hydrogen-bond acceptors (Lipinski definition) is 3. The van der Waals surface area contributed by atoms with Crippen molar-refractivity contribution < 1.29 is 9.84 Å². The van der Waals surface area contributed by atoms with Crippen LogP contribution in [0.5, 0.6) is 0 Å². The molecular weight excluding hydrogens is 118 g/mol. The van der Waals surface area contributed by atoms with E-state index < -0.39 is 0 Å². The van der Waals surface area contributed by atoms with Gasteiger partial charge in [-0.25, -0.2) is 0 Å². The lowest BCUT2D eigenvalue weighted by Crippen LogP contribution is -2.46. The fourth-order valence-corrected chi connectivity index (χ4v) is 1.32. The van der Waals surface area contributed by atoms with Crippen LogP contribution in [0.1, 0.15) is 6.42 Å². The predicted molar refractivity (Wildman–Crippen MR) is 32.2 cm³/mol. The Morgan fingerprint density at radius 3 is 2.89 bits per heavy atom. The molecule has 0 bridgehead atoms. The molecule has 0 saturated carbocycles. The number of β-amino-alcohol motifs (C(OH)–C–C–N with tert-alkyl or cyclic N) is 1. The van der Waals surface area contributed by atoms with Crippen LogP contribution in [-0.2, 0) is 4.74 Å². The van der Waals surface area contributed by atoms with Crippen molar-refractivity contribution in [1.82, 2.24) is 5.32 Å². The Labute approximate surface area is 54.0 Å². The molecule has 2 N–H and O–H groups in total. The second-order valence-electron chi connectivity index (χ2n) is 2.82. The topological polar surface area (TPSA) is 44.8 Å². The average Bonchev–Trinajstić information content (AvgIpc) is 2.60. The highest BCUT2D eigenvalue weighted by Crippen LogP contribution is 2.35. The highest BCUT2D eigenvalue weighted by Gasteiger charge is 2.51. The van der Waals surface area contributed by atoms with E-state index in [1.54, 1.807) is 0 Å². The molecule has 0 radical (unpaired) electrons. The molecule has 2 fully saturated rings. The first-order chi connectivity index (χ1) is 4.33. The maximum Gasteiger partial charge on any atom is 0.120 e. The minimum absolute atomic E-state index is 0.120. The summed E-state index contributed by atoms with van der Waals surface area (Å²) in [6.45, 7) is 2.44. The first-order valence-corrected chi connectivity index (χ1v) is 3.36. The summed E-state index contributed by atoms with van der Waals surface area (Å²) >= 11 is 0. The molecule has 0 aromatic heterocycles. The van der Waals surface area contributed by atoms with Gasteiger partial charge in [-0.3, -0.25) is 0 Å². The zero-order valence-electron chi connectivity index (χ0n) is 5.26. The second kappa shape index (κ2) is 1.68. The van der Waals surface area contributed by atoms with Gasteiger partial charge >= 0.3 is 0 Å². The van der Waals surface area contributed by atoms with E-state index in [4.69, 9.17) is 4.74 Å². The largest absolute Gasteiger partial charge is 0.389 e. The van der Waals surface area contributed by atoms with Gasteiger partial charge in [0.05, 0.1) is 12.7 Å². The first-order valence-electron chi connectivity index (χ1n) is 3.36. The molecule has 2 aliphatic rings. The number of piperidine rings is 1. The lowest BCUT2D eigenvalue weighted by Gasteiger charge is -2.24. The molecule has 0 aromatic carbocycles. The molecule has 1 spiro atoms. The number of hydrogen-bond donors (Lipinski definition) is 2. The maximum absolute atomic E-state index is 9.31. The van der Waals surface area contributed by atoms with Crippen LogP contribution < -0.4 is 5.32 Å². The standard InChI is InChI=1S/C6H11NO2/c8-5-3-7-2-1-6(5)4-9-6/h5,7-8H,1-4H2. The Morgan fingerprint density at radius 1 is 1.67 bits per heavy atom. The normalized spacial score (nSPS) is 49.7. The number of nitrogens with one attached hydrogen (secondary N) is 1. The average molecular weight is 129 g/mol. The van der Waals surface area contributed by atoms with Gasteiger partial charge in [-0.1, -0.05) is 0 Å². The van der Waals surface area contributed by atoms with Gasteiger partial charge in [0, 0.05) is 6.54 Å². The smallest absolute Gasteiger partial charge is 0.120 e. The van der Waals surface area contributed by atoms with E-state index in [9.17, 15) is 5.11 Å². The van der Waals surface area contributed by atoms with E-state index in [1.807, 2.05) is 0 Å². The van der Waals surface area contributed by atoms with Crippen LogP contribution in [0, 0.1) is 0 Å². The number of aliphatic hydroxyl groups excluding tert-OH is 1. The summed E-state index contributed by atoms with van der Waals surface area (Å²) in [6.07, 6.45) is 0.694. The lowest BCUT2D eigenvalue weighted by atomic mass is 9.96. The van der Waals surface area contributed by atoms with Gasteiger partial charge in [-0.2, -0.15) is 0 Å². The van der Waals surface area contributed by atoms with Crippen molar-refractivity contribution in [3.05, 3.63) is 0 Å². The van der Waals surface area contributed by atoms with E-state index in [2.05, 4.69) is 5.32 Å². The molecule has 9 heavy (non-hydrogen) atoms. The summed E-state index contributed by atoms with van der Waals surface area (Å²) in [4.78, 5) is 0. The molecule has 2 rings (SSSR count). The summed E-state index contributed by atoms with van der Waals surface area (Å²) in [7, 11) is 0. The summed E-state index contributed by atoms with van der Waals surface area (Å²) < 4.78 is 5.16. The molecule has 0 aliphatic carbocycles. The number of rotatable bonds is 0. The van der Waals surface area contributed by atoms with Crippen LogP contribution >= 0.6 is 0 Å². The van der Waals surface area contributed by atoms with Crippen molar-refractivity contribution in [3.63, 3.8) is 0 Å². The molecule has 2 unspecified atom stereocenters. The third-order valence-electron chi connectivity index (χ3n) is 2.19. The minimum atomic E-state index is -0.272. The summed E-state index contributed by atoms with van der Waals surface area (Å²) in [5, 5.41) is 12.4. The Hall–Kier alpha value is -0.120. The summed E-state index contributed by atoms with van der Waals surface area (Å²) in [5.74, 6) is 0. The molecule has 3 nitrogen and oxygen atoms in total. The van der Waals surface area contributed by atoms with Gasteiger partial charge in [0.15, 0.2) is 0 Å². The van der Waals surface area contributed by atoms with Gasteiger partial charge in [0.25, 0.3) is 0 Å². The van der Waals surface area contributed by atoms with Crippen LogP contribution in [0.3, 0.4) is 0 Å². The summed E-state index contributed by atoms with van der Waals surface area (Å²) in [5.41, 5.74) is -0.120. The van der Waals surface area contributed by atoms with Gasteiger partial charge in [-0.05, 0) is 13.0 Å². The fourth-order valence-electron chi connectivity index (χ4n) is 1.32. The monoisotopic (exact) mass is 129 g/mol. The Kier molecular flexibility index (Phi) is 1.06. The molecule has 52 valence electrons. The van der Waals surface area contributed by atoms with Crippen LogP contribution in [0.15, 0.2) is 0 Å². The van der Waals surface area contributed by atoms with Crippen molar-refractivity contribution in [2.45, 2.75) is 18.1 Å². The zero-order valence-corrected chi connectivity index (χ0v) is 5.26. The molecule has 0 amide bonds. The van der Waals surface area contributed by atoms with Crippen LogP contribution in [-0.4, -0.2) is 36.5 Å². The molecule has 0 aromatic rings. The van der Waals surface area contributed by atoms with Gasteiger partial charge in [0.1, 0.15) is 5.60 Å². The quantitative estimate of drug-likeness (QED) is 0.417. The van der Waals surface area contributed by atoms with Crippen LogP contribution in [0.2, 0.25) is 0 Å². The van der Waals surface area contributed by atoms with Gasteiger partial charge < -0.3 is 15.2 Å². The maximum atomic E-state index is 9.31. The predicted octanol–water partition coefficient (Wildman–Crippen LogP) is -0.890. The Balaban J connectivity index is 2.03. The van der Waals surface area contributed by atoms with E-state index in [0.717, 1.165) is 19.6 Å². The Morgan fingerprint density at radius 2 is 2.44 bits per heavy atom. The van der Waals surface area contributed by atoms with Crippen LogP contribution in [0.25, 0.3) is 0 Å². The van der Waals surface area contributed by atoms with Crippen LogP contribution in [0.4, 0.5) is 0 Å². The van der Waals surface area contributed by atoms with Crippen molar-refractivity contribution in [2.24, 2.45) is 0 Å². The fraction of sp³-hybridized carbons (Fsp3) is 1.00. The van der Waals surface area contributed by atoms with E-state index in [-0.39, 0.29) is 11.7 Å². The van der Waals surface area contributed by atoms with E-state index >= 15 is 0 Å². The van der Waals surface area contributed by atoms with Crippen molar-refractivity contribution >= 4 is 0 Å². The van der Waals surface area contributed by atoms with E-state index in [1.165, 1.54) is 0 Å². The van der Waals surface area contributed by atoms with Gasteiger partial charge in [-0.15, -0.1) is 0 Å². The second-order valence-corrected chi connectivity index (χ2v) is 2.82. The zero-order chi connectivity index (χ0) is 6.32. The van der Waals surface area contributed by atoms with Gasteiger partial charge in [0.2, 0.25) is 0 Å². The molecule has 3 heteroatoms. The third kappa shape index (κ3) is 0.764. The molecule has 2 aliphatic heterocycles. The number of ether oxygens (including phenoxy) is 1. The number of aliphatic hydroxyl groups is 1. The third-order valence-corrected chi connectivity index (χ3v) is 2.19. The highest BCUT2D eigenvalue weighted by atomic mass is 16.6.